The van der Waals surface area contributed by atoms with Crippen LogP contribution in [-0.2, 0) is 36.6 Å². The third-order valence-electron chi connectivity index (χ3n) is 8.25. The zero-order valence-corrected chi connectivity index (χ0v) is 29.5. The number of aliphatic hydroxyl groups excluding tert-OH is 1. The lowest BCUT2D eigenvalue weighted by Crippen LogP contribution is -2.46. The van der Waals surface area contributed by atoms with Crippen LogP contribution in [0, 0.1) is 12.3 Å². The number of H-pyrrole nitrogens is 1. The van der Waals surface area contributed by atoms with Gasteiger partial charge in [-0.2, -0.15) is 0 Å². The van der Waals surface area contributed by atoms with Crippen molar-refractivity contribution >= 4 is 54.6 Å². The Morgan fingerprint density at radius 2 is 1.75 bits per heavy atom. The SMILES string of the molecule is C#CCN(c1ccc(C(=O)NC(CCC(=O)NC(CCC(=O)O)C(=O)O)C(=O)O[Si](C)(C)C)cc1)C1CCc2cc3nc(CO)[nH]c(=O)c3cc21. The van der Waals surface area contributed by atoms with Gasteiger partial charge in [-0.05, 0) is 92.8 Å². The second-order valence-corrected chi connectivity index (χ2v) is 17.6. The number of aromatic amines is 1. The summed E-state index contributed by atoms with van der Waals surface area (Å²) in [6.45, 7) is 5.19. The van der Waals surface area contributed by atoms with Crippen molar-refractivity contribution < 1.29 is 43.7 Å². The van der Waals surface area contributed by atoms with E-state index in [4.69, 9.17) is 16.0 Å². The van der Waals surface area contributed by atoms with E-state index in [2.05, 4.69) is 26.5 Å². The molecule has 0 saturated carbocycles. The highest BCUT2D eigenvalue weighted by Gasteiger charge is 2.31. The van der Waals surface area contributed by atoms with Crippen molar-refractivity contribution in [3.63, 3.8) is 0 Å². The maximum atomic E-state index is 13.4. The highest BCUT2D eigenvalue weighted by Crippen LogP contribution is 2.39. The standard InChI is InChI=1S/C35H41N5O10Si/c1-5-16-40(28-13-8-21-17-27-24(18-23(21)28)33(46)39-29(19-41)36-27)22-9-6-20(7-10-22)32(45)38-26(35(49)50-51(2,3)4)11-14-30(42)37-25(34(47)48)12-15-31(43)44/h1,6-7,9-10,17-18,25-26,28,41H,8,11-16,19H2,2-4H3,(H,37,42)(H,38,45)(H,43,44)(H,47,48)(H,36,39,46). The molecule has 0 radical (unpaired) electrons. The molecule has 4 rings (SSSR count). The van der Waals surface area contributed by atoms with E-state index in [0.717, 1.165) is 11.1 Å². The lowest BCUT2D eigenvalue weighted by molar-refractivity contribution is -0.143. The number of aliphatic hydroxyl groups is 1. The topological polar surface area (TPSA) is 228 Å². The van der Waals surface area contributed by atoms with Crippen LogP contribution in [0.1, 0.15) is 65.5 Å². The summed E-state index contributed by atoms with van der Waals surface area (Å²) < 4.78 is 5.59. The molecule has 0 aliphatic heterocycles. The van der Waals surface area contributed by atoms with E-state index in [1.54, 1.807) is 50.0 Å². The average Bonchev–Trinajstić information content (AvgIpc) is 3.47. The Balaban J connectivity index is 1.50. The number of terminal acetylenes is 1. The van der Waals surface area contributed by atoms with Gasteiger partial charge in [-0.15, -0.1) is 6.42 Å². The first-order valence-corrected chi connectivity index (χ1v) is 19.8. The number of nitrogens with one attached hydrogen (secondary N) is 3. The van der Waals surface area contributed by atoms with E-state index >= 15 is 0 Å². The number of hydrogen-bond acceptors (Lipinski definition) is 10. The monoisotopic (exact) mass is 719 g/mol. The number of carboxylic acids is 2. The van der Waals surface area contributed by atoms with Gasteiger partial charge >= 0.3 is 17.9 Å². The Morgan fingerprint density at radius 3 is 2.35 bits per heavy atom. The summed E-state index contributed by atoms with van der Waals surface area (Å²) >= 11 is 0. The molecule has 0 saturated heterocycles. The minimum absolute atomic E-state index is 0.172. The summed E-state index contributed by atoms with van der Waals surface area (Å²) in [6, 6.07) is 7.42. The number of anilines is 1. The van der Waals surface area contributed by atoms with Crippen LogP contribution in [0.2, 0.25) is 19.6 Å². The summed E-state index contributed by atoms with van der Waals surface area (Å²) in [5, 5.41) is 33.0. The zero-order valence-electron chi connectivity index (χ0n) is 28.5. The number of aliphatic carboxylic acids is 2. The number of hydrogen-bond donors (Lipinski definition) is 6. The molecule has 1 aliphatic rings. The summed E-state index contributed by atoms with van der Waals surface area (Å²) in [5.41, 5.74) is 3.00. The number of benzene rings is 2. The quantitative estimate of drug-likeness (QED) is 0.0926. The van der Waals surface area contributed by atoms with Gasteiger partial charge < -0.3 is 40.3 Å². The average molecular weight is 720 g/mol. The van der Waals surface area contributed by atoms with Gasteiger partial charge in [0.15, 0.2) is 0 Å². The van der Waals surface area contributed by atoms with Crippen molar-refractivity contribution in [1.29, 1.82) is 0 Å². The number of rotatable bonds is 16. The Bertz CT molecular complexity index is 1920. The molecule has 15 nitrogen and oxygen atoms in total. The van der Waals surface area contributed by atoms with Crippen LogP contribution in [0.3, 0.4) is 0 Å². The predicted molar refractivity (Wildman–Crippen MR) is 188 cm³/mol. The van der Waals surface area contributed by atoms with Crippen molar-refractivity contribution in [2.24, 2.45) is 0 Å². The van der Waals surface area contributed by atoms with Crippen LogP contribution in [0.5, 0.6) is 0 Å². The van der Waals surface area contributed by atoms with Crippen molar-refractivity contribution in [2.75, 3.05) is 11.4 Å². The summed E-state index contributed by atoms with van der Waals surface area (Å²) in [6.07, 6.45) is 5.85. The van der Waals surface area contributed by atoms with E-state index in [-0.39, 0.29) is 55.4 Å². The molecular weight excluding hydrogens is 678 g/mol. The number of amides is 2. The molecule has 3 unspecified atom stereocenters. The van der Waals surface area contributed by atoms with Crippen molar-refractivity contribution in [1.82, 2.24) is 20.6 Å². The Hall–Kier alpha value is -5.53. The third kappa shape index (κ3) is 10.0. The van der Waals surface area contributed by atoms with Crippen LogP contribution in [0.15, 0.2) is 41.2 Å². The Morgan fingerprint density at radius 1 is 1.06 bits per heavy atom. The highest BCUT2D eigenvalue weighted by molar-refractivity contribution is 6.71. The van der Waals surface area contributed by atoms with Crippen LogP contribution < -0.4 is 21.1 Å². The Labute approximate surface area is 294 Å². The van der Waals surface area contributed by atoms with Crippen LogP contribution in [-0.4, -0.2) is 82.0 Å². The molecule has 3 atom stereocenters. The largest absolute Gasteiger partial charge is 0.518 e. The first-order valence-electron chi connectivity index (χ1n) is 16.3. The smallest absolute Gasteiger partial charge is 0.326 e. The molecule has 1 heterocycles. The van der Waals surface area contributed by atoms with Crippen LogP contribution in [0.4, 0.5) is 5.69 Å². The van der Waals surface area contributed by atoms with Gasteiger partial charge in [-0.3, -0.25) is 24.0 Å². The lowest BCUT2D eigenvalue weighted by Gasteiger charge is -2.30. The highest BCUT2D eigenvalue weighted by atomic mass is 28.4. The van der Waals surface area contributed by atoms with E-state index in [0.29, 0.717) is 29.4 Å². The normalized spacial score (nSPS) is 14.8. The summed E-state index contributed by atoms with van der Waals surface area (Å²) in [4.78, 5) is 83.1. The number of fused-ring (bicyclic) bond motifs is 2. The molecule has 0 fully saturated rings. The molecule has 3 aromatic rings. The second kappa shape index (κ2) is 16.4. The Kier molecular flexibility index (Phi) is 12.3. The minimum atomic E-state index is -2.41. The molecule has 51 heavy (non-hydrogen) atoms. The second-order valence-electron chi connectivity index (χ2n) is 13.2. The van der Waals surface area contributed by atoms with Gasteiger partial charge in [0.05, 0.1) is 23.5 Å². The molecular formula is C35H41N5O10Si. The maximum Gasteiger partial charge on any atom is 0.326 e. The summed E-state index contributed by atoms with van der Waals surface area (Å²) in [7, 11) is -2.41. The first-order chi connectivity index (χ1) is 24.1. The number of carbonyl (C=O) groups is 5. The van der Waals surface area contributed by atoms with Gasteiger partial charge in [0.2, 0.25) is 14.2 Å². The molecule has 0 bridgehead atoms. The third-order valence-corrected chi connectivity index (χ3v) is 9.06. The van der Waals surface area contributed by atoms with Crippen molar-refractivity contribution in [3.8, 4) is 12.3 Å². The molecule has 6 N–H and O–H groups in total. The number of aryl methyl sites for hydroxylation is 1. The van der Waals surface area contributed by atoms with Crippen LogP contribution >= 0.6 is 0 Å². The zero-order chi connectivity index (χ0) is 37.5. The van der Waals surface area contributed by atoms with Gasteiger partial charge in [-0.1, -0.05) is 5.92 Å². The van der Waals surface area contributed by atoms with Crippen molar-refractivity contribution in [3.05, 3.63) is 69.3 Å². The van der Waals surface area contributed by atoms with Crippen LogP contribution in [0.25, 0.3) is 10.9 Å². The molecule has 270 valence electrons. The fourth-order valence-corrected chi connectivity index (χ4v) is 6.63. The maximum absolute atomic E-state index is 13.4. The molecule has 1 aliphatic carbocycles. The predicted octanol–water partition coefficient (Wildman–Crippen LogP) is 2.23. The fraction of sp³-hybridized carbons (Fsp3) is 0.400. The number of aromatic nitrogens is 2. The number of carboxylic acid groups (broad SMARTS) is 2. The van der Waals surface area contributed by atoms with E-state index in [1.165, 1.54) is 0 Å². The van der Waals surface area contributed by atoms with Gasteiger partial charge in [0, 0.05) is 24.1 Å². The van der Waals surface area contributed by atoms with Gasteiger partial charge in [-0.25, -0.2) is 9.78 Å². The van der Waals surface area contributed by atoms with Gasteiger partial charge in [0.25, 0.3) is 11.5 Å². The molecule has 2 amide bonds. The molecule has 16 heteroatoms. The summed E-state index contributed by atoms with van der Waals surface area (Å²) in [5.74, 6) is -1.82. The number of nitrogens with zero attached hydrogens (tertiary/aromatic N) is 2. The van der Waals surface area contributed by atoms with E-state index in [1.807, 2.05) is 11.0 Å². The first kappa shape index (κ1) is 38.3. The van der Waals surface area contributed by atoms with E-state index < -0.39 is 56.5 Å². The van der Waals surface area contributed by atoms with E-state index in [9.17, 15) is 39.0 Å². The van der Waals surface area contributed by atoms with Crippen molar-refractivity contribution in [2.45, 2.75) is 82.9 Å². The molecule has 2 aromatic carbocycles. The minimum Gasteiger partial charge on any atom is -0.518 e. The lowest BCUT2D eigenvalue weighted by atomic mass is 10.0. The van der Waals surface area contributed by atoms with Gasteiger partial charge in [0.1, 0.15) is 24.5 Å². The molecule has 1 aromatic heterocycles. The molecule has 0 spiro atoms. The fourth-order valence-electron chi connectivity index (χ4n) is 5.88. The number of carbonyl (C=O) groups excluding carboxylic acids is 3.